The molecule has 2 fully saturated rings. The molecule has 4 heteroatoms. The summed E-state index contributed by atoms with van der Waals surface area (Å²) in [6.07, 6.45) is 2.25. The predicted octanol–water partition coefficient (Wildman–Crippen LogP) is 3.37. The number of amides is 1. The highest BCUT2D eigenvalue weighted by Gasteiger charge is 2.51. The molecular formula is C17H29NO2S. The Morgan fingerprint density at radius 1 is 1.05 bits per heavy atom. The molecule has 0 spiro atoms. The summed E-state index contributed by atoms with van der Waals surface area (Å²) in [6.45, 7) is 12.5. The quantitative estimate of drug-likeness (QED) is 0.745. The maximum Gasteiger partial charge on any atom is 0.228 e. The second-order valence-corrected chi connectivity index (χ2v) is 9.83. The number of hydrogen-bond donors (Lipinski definition) is 0. The van der Waals surface area contributed by atoms with Crippen molar-refractivity contribution in [3.63, 3.8) is 0 Å². The van der Waals surface area contributed by atoms with E-state index in [9.17, 15) is 9.59 Å². The predicted molar refractivity (Wildman–Crippen MR) is 88.4 cm³/mol. The first-order valence-corrected chi connectivity index (χ1v) is 9.05. The number of carbonyl (C=O) groups is 2. The minimum absolute atomic E-state index is 0.125. The summed E-state index contributed by atoms with van der Waals surface area (Å²) >= 11 is 1.95. The van der Waals surface area contributed by atoms with Gasteiger partial charge in [0.1, 0.15) is 0 Å². The van der Waals surface area contributed by atoms with Crippen molar-refractivity contribution in [3.05, 3.63) is 0 Å². The van der Waals surface area contributed by atoms with Crippen LogP contribution in [0.5, 0.6) is 0 Å². The Morgan fingerprint density at radius 3 is 2.19 bits per heavy atom. The maximum absolute atomic E-state index is 13.0. The second-order valence-electron chi connectivity index (χ2n) is 8.48. The molecule has 3 atom stereocenters. The molecule has 0 radical (unpaired) electrons. The van der Waals surface area contributed by atoms with E-state index in [0.717, 1.165) is 25.1 Å². The van der Waals surface area contributed by atoms with E-state index in [1.54, 1.807) is 0 Å². The molecule has 0 aromatic carbocycles. The van der Waals surface area contributed by atoms with Crippen LogP contribution in [0.25, 0.3) is 0 Å². The van der Waals surface area contributed by atoms with Gasteiger partial charge in [0.15, 0.2) is 5.78 Å². The van der Waals surface area contributed by atoms with Gasteiger partial charge < -0.3 is 4.90 Å². The van der Waals surface area contributed by atoms with Crippen LogP contribution in [-0.4, -0.2) is 40.2 Å². The monoisotopic (exact) mass is 311 g/mol. The highest BCUT2D eigenvalue weighted by atomic mass is 32.2. The molecule has 3 nitrogen and oxygen atoms in total. The van der Waals surface area contributed by atoms with Crippen molar-refractivity contribution in [2.45, 2.75) is 65.7 Å². The van der Waals surface area contributed by atoms with Gasteiger partial charge >= 0.3 is 0 Å². The first-order chi connectivity index (χ1) is 9.53. The molecule has 0 aromatic heterocycles. The third-order valence-corrected chi connectivity index (χ3v) is 5.97. The van der Waals surface area contributed by atoms with E-state index in [1.807, 2.05) is 58.2 Å². The van der Waals surface area contributed by atoms with E-state index in [2.05, 4.69) is 0 Å². The highest BCUT2D eigenvalue weighted by Crippen LogP contribution is 2.43. The molecule has 2 rings (SSSR count). The van der Waals surface area contributed by atoms with Crippen LogP contribution in [0.1, 0.15) is 54.4 Å². The van der Waals surface area contributed by atoms with Crippen LogP contribution in [0.4, 0.5) is 0 Å². The smallest absolute Gasteiger partial charge is 0.228 e. The van der Waals surface area contributed by atoms with Crippen LogP contribution < -0.4 is 0 Å². The highest BCUT2D eigenvalue weighted by molar-refractivity contribution is 8.00. The van der Waals surface area contributed by atoms with Crippen LogP contribution in [0.3, 0.4) is 0 Å². The lowest BCUT2D eigenvalue weighted by atomic mass is 9.80. The summed E-state index contributed by atoms with van der Waals surface area (Å²) in [5.74, 6) is 1.87. The molecule has 1 amide bonds. The number of Topliss-reactive ketones (excluding diaryl/α,β-unsaturated/α-hetero) is 1. The molecule has 0 saturated carbocycles. The van der Waals surface area contributed by atoms with Gasteiger partial charge in [0.2, 0.25) is 5.91 Å². The number of fused-ring (bicyclic) bond motifs is 1. The van der Waals surface area contributed by atoms with Crippen molar-refractivity contribution >= 4 is 23.5 Å². The van der Waals surface area contributed by atoms with Gasteiger partial charge in [-0.05, 0) is 18.6 Å². The van der Waals surface area contributed by atoms with Crippen molar-refractivity contribution in [2.75, 3.05) is 12.3 Å². The van der Waals surface area contributed by atoms with E-state index < -0.39 is 10.8 Å². The summed E-state index contributed by atoms with van der Waals surface area (Å²) in [5.41, 5.74) is -0.813. The van der Waals surface area contributed by atoms with Crippen LogP contribution in [0, 0.1) is 16.7 Å². The van der Waals surface area contributed by atoms with E-state index in [4.69, 9.17) is 0 Å². The van der Waals surface area contributed by atoms with Crippen molar-refractivity contribution in [1.82, 2.24) is 4.90 Å². The number of thioether (sulfide) groups is 1. The van der Waals surface area contributed by atoms with Gasteiger partial charge in [0.05, 0.1) is 6.04 Å². The SMILES string of the molecule is CC(C)(C)C(=O)C1C2CCCSC2CN1C(=O)C(C)(C)C. The van der Waals surface area contributed by atoms with Gasteiger partial charge in [0, 0.05) is 28.5 Å². The molecule has 2 aliphatic heterocycles. The summed E-state index contributed by atoms with van der Waals surface area (Å²) in [7, 11) is 0. The van der Waals surface area contributed by atoms with Crippen LogP contribution in [-0.2, 0) is 9.59 Å². The van der Waals surface area contributed by atoms with Crippen LogP contribution in [0.2, 0.25) is 0 Å². The molecule has 3 unspecified atom stereocenters. The Bertz CT molecular complexity index is 433. The molecular weight excluding hydrogens is 282 g/mol. The Morgan fingerprint density at radius 2 is 1.67 bits per heavy atom. The van der Waals surface area contributed by atoms with Crippen molar-refractivity contribution in [3.8, 4) is 0 Å². The standard InChI is InChI=1S/C17H29NO2S/c1-16(2,3)14(19)13-11-8-7-9-21-12(11)10-18(13)15(20)17(4,5)6/h11-13H,7-10H2,1-6H3. The zero-order chi connectivity index (χ0) is 16.0. The van der Waals surface area contributed by atoms with Gasteiger partial charge in [-0.3, -0.25) is 9.59 Å². The lowest BCUT2D eigenvalue weighted by molar-refractivity contribution is -0.147. The van der Waals surface area contributed by atoms with E-state index in [-0.39, 0.29) is 17.7 Å². The zero-order valence-electron chi connectivity index (χ0n) is 14.2. The molecule has 2 saturated heterocycles. The first-order valence-electron chi connectivity index (χ1n) is 8.00. The van der Waals surface area contributed by atoms with Crippen molar-refractivity contribution in [1.29, 1.82) is 0 Å². The molecule has 2 aliphatic rings. The third-order valence-electron chi connectivity index (χ3n) is 4.52. The van der Waals surface area contributed by atoms with Gasteiger partial charge in [-0.2, -0.15) is 11.8 Å². The number of carbonyl (C=O) groups excluding carboxylic acids is 2. The molecule has 0 aliphatic carbocycles. The Hall–Kier alpha value is -0.510. The molecule has 0 bridgehead atoms. The second kappa shape index (κ2) is 5.60. The van der Waals surface area contributed by atoms with Gasteiger partial charge in [-0.25, -0.2) is 0 Å². The summed E-state index contributed by atoms with van der Waals surface area (Å²) in [6, 6.07) is -0.213. The lowest BCUT2D eigenvalue weighted by Crippen LogP contribution is -2.50. The summed E-state index contributed by atoms with van der Waals surface area (Å²) < 4.78 is 0. The Balaban J connectivity index is 2.33. The minimum Gasteiger partial charge on any atom is -0.331 e. The fourth-order valence-corrected chi connectivity index (χ4v) is 4.80. The average molecular weight is 311 g/mol. The van der Waals surface area contributed by atoms with E-state index in [0.29, 0.717) is 11.2 Å². The number of hydrogen-bond acceptors (Lipinski definition) is 3. The number of likely N-dealkylation sites (tertiary alicyclic amines) is 1. The van der Waals surface area contributed by atoms with E-state index >= 15 is 0 Å². The van der Waals surface area contributed by atoms with Gasteiger partial charge in [-0.15, -0.1) is 0 Å². The molecule has 120 valence electrons. The van der Waals surface area contributed by atoms with Crippen LogP contribution >= 0.6 is 11.8 Å². The minimum atomic E-state index is -0.422. The largest absolute Gasteiger partial charge is 0.331 e. The maximum atomic E-state index is 13.0. The Kier molecular flexibility index (Phi) is 4.50. The number of nitrogens with zero attached hydrogens (tertiary/aromatic N) is 1. The summed E-state index contributed by atoms with van der Waals surface area (Å²) in [4.78, 5) is 27.7. The first kappa shape index (κ1) is 16.9. The van der Waals surface area contributed by atoms with Crippen molar-refractivity contribution < 1.29 is 9.59 Å². The van der Waals surface area contributed by atoms with E-state index in [1.165, 1.54) is 0 Å². The Labute approximate surface area is 133 Å². The number of ketones is 1. The summed E-state index contributed by atoms with van der Waals surface area (Å²) in [5, 5.41) is 0.446. The molecule has 0 N–H and O–H groups in total. The van der Waals surface area contributed by atoms with Crippen molar-refractivity contribution in [2.24, 2.45) is 16.7 Å². The molecule has 0 aromatic rings. The molecule has 21 heavy (non-hydrogen) atoms. The normalized spacial score (nSPS) is 30.2. The fourth-order valence-electron chi connectivity index (χ4n) is 3.37. The van der Waals surface area contributed by atoms with Gasteiger partial charge in [0.25, 0.3) is 0 Å². The average Bonchev–Trinajstić information content (AvgIpc) is 2.73. The molecule has 2 heterocycles. The van der Waals surface area contributed by atoms with Gasteiger partial charge in [-0.1, -0.05) is 41.5 Å². The fraction of sp³-hybridized carbons (Fsp3) is 0.882. The lowest BCUT2D eigenvalue weighted by Gasteiger charge is -2.35. The topological polar surface area (TPSA) is 37.4 Å². The zero-order valence-corrected chi connectivity index (χ0v) is 15.0. The van der Waals surface area contributed by atoms with Crippen LogP contribution in [0.15, 0.2) is 0 Å². The number of rotatable bonds is 1. The third kappa shape index (κ3) is 3.30.